The maximum atomic E-state index is 4.49. The first-order chi connectivity index (χ1) is 15.2. The minimum Gasteiger partial charge on any atom is -0.352 e. The van der Waals surface area contributed by atoms with Gasteiger partial charge in [-0.3, -0.25) is 14.6 Å². The van der Waals surface area contributed by atoms with Crippen molar-refractivity contribution in [2.45, 2.75) is 45.1 Å². The number of benzene rings is 2. The lowest BCUT2D eigenvalue weighted by Gasteiger charge is -2.21. The molecule has 6 heteroatoms. The Morgan fingerprint density at radius 2 is 1.68 bits per heavy atom. The van der Waals surface area contributed by atoms with Crippen molar-refractivity contribution < 1.29 is 0 Å². The van der Waals surface area contributed by atoms with Crippen molar-refractivity contribution in [1.82, 2.24) is 25.3 Å². The third-order valence-corrected chi connectivity index (χ3v) is 5.83. The lowest BCUT2D eigenvalue weighted by Crippen LogP contribution is -2.44. The second-order valence-electron chi connectivity index (χ2n) is 8.30. The zero-order chi connectivity index (χ0) is 21.5. The Hall–Kier alpha value is -3.12. The van der Waals surface area contributed by atoms with Crippen molar-refractivity contribution in [3.63, 3.8) is 0 Å². The molecule has 2 N–H and O–H groups in total. The van der Waals surface area contributed by atoms with Crippen LogP contribution in [0.2, 0.25) is 0 Å². The molecule has 1 aliphatic heterocycles. The van der Waals surface area contributed by atoms with E-state index in [2.05, 4.69) is 93.3 Å². The molecule has 1 fully saturated rings. The predicted octanol–water partition coefficient (Wildman–Crippen LogP) is 3.26. The molecular weight excluding hydrogens is 384 g/mol. The number of nitrogens with zero attached hydrogens (tertiary/aromatic N) is 4. The number of likely N-dealkylation sites (tertiary alicyclic amines) is 1. The van der Waals surface area contributed by atoms with Crippen LogP contribution >= 0.6 is 0 Å². The predicted molar refractivity (Wildman–Crippen MR) is 126 cm³/mol. The van der Waals surface area contributed by atoms with Crippen LogP contribution < -0.4 is 10.6 Å². The summed E-state index contributed by atoms with van der Waals surface area (Å²) in [4.78, 5) is 6.96. The van der Waals surface area contributed by atoms with Crippen molar-refractivity contribution in [3.05, 3.63) is 89.7 Å². The van der Waals surface area contributed by atoms with Crippen molar-refractivity contribution in [2.24, 2.45) is 4.99 Å². The van der Waals surface area contributed by atoms with E-state index in [4.69, 9.17) is 0 Å². The van der Waals surface area contributed by atoms with E-state index in [1.807, 2.05) is 24.0 Å². The molecule has 0 aliphatic carbocycles. The molecule has 1 aliphatic rings. The van der Waals surface area contributed by atoms with Crippen LogP contribution in [0.3, 0.4) is 0 Å². The van der Waals surface area contributed by atoms with Gasteiger partial charge in [-0.1, -0.05) is 60.7 Å². The van der Waals surface area contributed by atoms with E-state index in [1.165, 1.54) is 11.1 Å². The van der Waals surface area contributed by atoms with Crippen LogP contribution in [0, 0.1) is 0 Å². The number of hydrogen-bond acceptors (Lipinski definition) is 3. The second kappa shape index (κ2) is 10.3. The Labute approximate surface area is 185 Å². The van der Waals surface area contributed by atoms with Gasteiger partial charge in [0.2, 0.25) is 0 Å². The molecule has 2 aromatic carbocycles. The fraction of sp³-hybridized carbons (Fsp3) is 0.360. The average Bonchev–Trinajstić information content (AvgIpc) is 3.38. The van der Waals surface area contributed by atoms with Crippen LogP contribution in [-0.4, -0.2) is 46.3 Å². The minimum absolute atomic E-state index is 0.394. The fourth-order valence-electron chi connectivity index (χ4n) is 4.17. The standard InChI is InChI=1S/C25H32N6/c1-20-13-24(19-30(20)16-21-9-5-3-6-10-21)29-25(26-2)27-14-23-15-28-31(18-23)17-22-11-7-4-8-12-22/h3-12,15,18,20,24H,13-14,16-17,19H2,1-2H3,(H2,26,27,29). The van der Waals surface area contributed by atoms with E-state index in [0.717, 1.165) is 37.6 Å². The average molecular weight is 417 g/mol. The zero-order valence-electron chi connectivity index (χ0n) is 18.4. The Bertz CT molecular complexity index is 966. The topological polar surface area (TPSA) is 57.5 Å². The highest BCUT2D eigenvalue weighted by molar-refractivity contribution is 5.80. The Morgan fingerprint density at radius 1 is 1.00 bits per heavy atom. The number of rotatable bonds is 7. The summed E-state index contributed by atoms with van der Waals surface area (Å²) in [6.07, 6.45) is 5.12. The molecule has 3 aromatic rings. The molecule has 0 amide bonds. The van der Waals surface area contributed by atoms with E-state index < -0.39 is 0 Å². The third-order valence-electron chi connectivity index (χ3n) is 5.83. The molecule has 162 valence electrons. The maximum Gasteiger partial charge on any atom is 0.191 e. The van der Waals surface area contributed by atoms with E-state index in [-0.39, 0.29) is 0 Å². The highest BCUT2D eigenvalue weighted by Gasteiger charge is 2.29. The molecule has 6 nitrogen and oxygen atoms in total. The molecule has 4 rings (SSSR count). The molecule has 2 atom stereocenters. The summed E-state index contributed by atoms with van der Waals surface area (Å²) in [6.45, 7) is 5.80. The van der Waals surface area contributed by atoms with Crippen molar-refractivity contribution in [2.75, 3.05) is 13.6 Å². The van der Waals surface area contributed by atoms with Gasteiger partial charge in [0.05, 0.1) is 12.7 Å². The van der Waals surface area contributed by atoms with Crippen LogP contribution in [0.5, 0.6) is 0 Å². The van der Waals surface area contributed by atoms with E-state index >= 15 is 0 Å². The number of guanidine groups is 1. The summed E-state index contributed by atoms with van der Waals surface area (Å²) in [7, 11) is 1.83. The summed E-state index contributed by atoms with van der Waals surface area (Å²) in [5.74, 6) is 0.842. The first kappa shape index (κ1) is 21.1. The van der Waals surface area contributed by atoms with Gasteiger partial charge in [0.25, 0.3) is 0 Å². The van der Waals surface area contributed by atoms with Gasteiger partial charge in [0, 0.05) is 50.5 Å². The quantitative estimate of drug-likeness (QED) is 0.459. The van der Waals surface area contributed by atoms with Crippen molar-refractivity contribution in [3.8, 4) is 0 Å². The van der Waals surface area contributed by atoms with Gasteiger partial charge in [-0.15, -0.1) is 0 Å². The molecule has 31 heavy (non-hydrogen) atoms. The highest BCUT2D eigenvalue weighted by atomic mass is 15.3. The van der Waals surface area contributed by atoms with Gasteiger partial charge in [-0.2, -0.15) is 5.10 Å². The fourth-order valence-corrected chi connectivity index (χ4v) is 4.17. The molecule has 0 spiro atoms. The molecule has 2 unspecified atom stereocenters. The molecule has 2 heterocycles. The van der Waals surface area contributed by atoms with Crippen LogP contribution in [-0.2, 0) is 19.6 Å². The smallest absolute Gasteiger partial charge is 0.191 e. The summed E-state index contributed by atoms with van der Waals surface area (Å²) in [5, 5.41) is 11.5. The Kier molecular flexibility index (Phi) is 6.99. The number of aromatic nitrogens is 2. The third kappa shape index (κ3) is 5.95. The molecule has 0 radical (unpaired) electrons. The molecule has 0 bridgehead atoms. The summed E-state index contributed by atoms with van der Waals surface area (Å²) in [5.41, 5.74) is 3.76. The molecular formula is C25H32N6. The van der Waals surface area contributed by atoms with Gasteiger partial charge in [0.1, 0.15) is 0 Å². The van der Waals surface area contributed by atoms with Gasteiger partial charge >= 0.3 is 0 Å². The monoisotopic (exact) mass is 416 g/mol. The molecule has 1 aromatic heterocycles. The van der Waals surface area contributed by atoms with Gasteiger partial charge < -0.3 is 10.6 Å². The zero-order valence-corrected chi connectivity index (χ0v) is 18.4. The van der Waals surface area contributed by atoms with E-state index in [9.17, 15) is 0 Å². The minimum atomic E-state index is 0.394. The Morgan fingerprint density at radius 3 is 2.35 bits per heavy atom. The molecule has 0 saturated carbocycles. The number of nitrogens with one attached hydrogen (secondary N) is 2. The van der Waals surface area contributed by atoms with Crippen LogP contribution in [0.4, 0.5) is 0 Å². The Balaban J connectivity index is 1.25. The highest BCUT2D eigenvalue weighted by Crippen LogP contribution is 2.20. The SMILES string of the molecule is CN=C(NCc1cnn(Cc2ccccc2)c1)NC1CC(C)N(Cc2ccccc2)C1. The normalized spacial score (nSPS) is 19.5. The summed E-state index contributed by atoms with van der Waals surface area (Å²) < 4.78 is 1.97. The maximum absolute atomic E-state index is 4.49. The molecule has 1 saturated heterocycles. The lowest BCUT2D eigenvalue weighted by molar-refractivity contribution is 0.258. The van der Waals surface area contributed by atoms with Gasteiger partial charge in [-0.05, 0) is 24.5 Å². The van der Waals surface area contributed by atoms with Crippen LogP contribution in [0.15, 0.2) is 78.0 Å². The summed E-state index contributed by atoms with van der Waals surface area (Å²) in [6, 6.07) is 22.0. The van der Waals surface area contributed by atoms with E-state index in [0.29, 0.717) is 18.6 Å². The summed E-state index contributed by atoms with van der Waals surface area (Å²) >= 11 is 0. The van der Waals surface area contributed by atoms with Crippen LogP contribution in [0.1, 0.15) is 30.0 Å². The van der Waals surface area contributed by atoms with Gasteiger partial charge in [-0.25, -0.2) is 0 Å². The van der Waals surface area contributed by atoms with Crippen molar-refractivity contribution in [1.29, 1.82) is 0 Å². The number of aliphatic imine (C=N–C) groups is 1. The van der Waals surface area contributed by atoms with Crippen molar-refractivity contribution >= 4 is 5.96 Å². The largest absolute Gasteiger partial charge is 0.352 e. The van der Waals surface area contributed by atoms with E-state index in [1.54, 1.807) is 0 Å². The number of hydrogen-bond donors (Lipinski definition) is 2. The van der Waals surface area contributed by atoms with Crippen LogP contribution in [0.25, 0.3) is 0 Å². The van der Waals surface area contributed by atoms with Gasteiger partial charge in [0.15, 0.2) is 5.96 Å². The lowest BCUT2D eigenvalue weighted by atomic mass is 10.2. The first-order valence-corrected chi connectivity index (χ1v) is 11.0. The first-order valence-electron chi connectivity index (χ1n) is 11.0. The second-order valence-corrected chi connectivity index (χ2v) is 8.30.